The molecule has 4 aromatic rings. The lowest BCUT2D eigenvalue weighted by Crippen LogP contribution is -2.28. The quantitative estimate of drug-likeness (QED) is 0.574. The zero-order valence-electron chi connectivity index (χ0n) is 15.8. The van der Waals surface area contributed by atoms with Gasteiger partial charge in [0.05, 0.1) is 23.6 Å². The maximum absolute atomic E-state index is 12.7. The van der Waals surface area contributed by atoms with Gasteiger partial charge < -0.3 is 9.88 Å². The second-order valence-corrected chi connectivity index (χ2v) is 7.20. The van der Waals surface area contributed by atoms with Crippen molar-refractivity contribution < 1.29 is 0 Å². The van der Waals surface area contributed by atoms with Gasteiger partial charge in [-0.1, -0.05) is 18.2 Å². The second kappa shape index (κ2) is 6.33. The highest BCUT2D eigenvalue weighted by atomic mass is 16.1. The molecule has 5 rings (SSSR count). The van der Waals surface area contributed by atoms with Gasteiger partial charge in [-0.05, 0) is 38.8 Å². The lowest BCUT2D eigenvalue weighted by molar-refractivity contribution is 0.660. The number of aromatic nitrogens is 6. The summed E-state index contributed by atoms with van der Waals surface area (Å²) in [4.78, 5) is 30.6. The van der Waals surface area contributed by atoms with Crippen molar-refractivity contribution in [3.05, 3.63) is 64.1 Å². The van der Waals surface area contributed by atoms with Crippen LogP contribution < -0.4 is 10.5 Å². The van der Waals surface area contributed by atoms with Crippen molar-refractivity contribution in [2.45, 2.75) is 32.7 Å². The Hall–Kier alpha value is -3.42. The van der Waals surface area contributed by atoms with Gasteiger partial charge in [0.1, 0.15) is 11.2 Å². The smallest absolute Gasteiger partial charge is 0.263 e. The summed E-state index contributed by atoms with van der Waals surface area (Å²) in [6.45, 7) is 4.84. The van der Waals surface area contributed by atoms with Crippen LogP contribution >= 0.6 is 0 Å². The number of para-hydroxylation sites is 1. The number of hydrogen-bond acceptors (Lipinski definition) is 5. The molecule has 1 aliphatic rings. The molecule has 1 unspecified atom stereocenters. The van der Waals surface area contributed by atoms with E-state index in [2.05, 4.69) is 25.0 Å². The summed E-state index contributed by atoms with van der Waals surface area (Å²) < 4.78 is 1.71. The van der Waals surface area contributed by atoms with Crippen LogP contribution in [-0.2, 0) is 0 Å². The van der Waals surface area contributed by atoms with Gasteiger partial charge in [0.15, 0.2) is 5.65 Å². The molecule has 2 N–H and O–H groups in total. The fourth-order valence-electron chi connectivity index (χ4n) is 3.84. The maximum atomic E-state index is 12.7. The van der Waals surface area contributed by atoms with E-state index in [0.29, 0.717) is 17.0 Å². The number of nitrogens with one attached hydrogen (secondary N) is 2. The molecule has 0 radical (unpaired) electrons. The van der Waals surface area contributed by atoms with Crippen molar-refractivity contribution in [3.63, 3.8) is 0 Å². The second-order valence-electron chi connectivity index (χ2n) is 7.20. The van der Waals surface area contributed by atoms with E-state index in [1.165, 1.54) is 0 Å². The first-order chi connectivity index (χ1) is 13.6. The molecule has 1 fully saturated rings. The van der Waals surface area contributed by atoms with Gasteiger partial charge in [-0.25, -0.2) is 9.67 Å². The predicted octanol–water partition coefficient (Wildman–Crippen LogP) is 2.79. The number of nitrogens with zero attached hydrogens (tertiary/aromatic N) is 5. The van der Waals surface area contributed by atoms with E-state index in [1.54, 1.807) is 10.9 Å². The van der Waals surface area contributed by atoms with E-state index in [-0.39, 0.29) is 11.6 Å². The number of aromatic amines is 2. The molecule has 1 aromatic carbocycles. The molecule has 1 atom stereocenters. The Morgan fingerprint density at radius 3 is 2.68 bits per heavy atom. The fraction of sp³-hybridized carbons (Fsp3) is 0.300. The van der Waals surface area contributed by atoms with E-state index in [4.69, 9.17) is 4.98 Å². The van der Waals surface area contributed by atoms with Gasteiger partial charge in [-0.2, -0.15) is 10.1 Å². The average molecular weight is 375 g/mol. The molecule has 0 saturated carbocycles. The largest absolute Gasteiger partial charge is 0.344 e. The monoisotopic (exact) mass is 375 g/mol. The molecule has 8 nitrogen and oxygen atoms in total. The SMILES string of the molecule is Cc1nc(C2CCCN2c2nc3c(cnn3-c3ccccc3)c(=O)[nH]2)[nH]c1C. The lowest BCUT2D eigenvalue weighted by Gasteiger charge is -2.23. The summed E-state index contributed by atoms with van der Waals surface area (Å²) in [6, 6.07) is 9.79. The van der Waals surface area contributed by atoms with Crippen molar-refractivity contribution in [3.8, 4) is 5.69 Å². The van der Waals surface area contributed by atoms with Gasteiger partial charge in [0, 0.05) is 12.2 Å². The highest BCUT2D eigenvalue weighted by Gasteiger charge is 2.31. The van der Waals surface area contributed by atoms with Crippen LogP contribution in [0.25, 0.3) is 16.7 Å². The summed E-state index contributed by atoms with van der Waals surface area (Å²) in [6.07, 6.45) is 3.55. The molecule has 0 amide bonds. The highest BCUT2D eigenvalue weighted by Crippen LogP contribution is 2.33. The van der Waals surface area contributed by atoms with Crippen LogP contribution in [0.4, 0.5) is 5.95 Å². The maximum Gasteiger partial charge on any atom is 0.263 e. The van der Waals surface area contributed by atoms with Crippen LogP contribution in [0.2, 0.25) is 0 Å². The number of aryl methyl sites for hydroxylation is 2. The van der Waals surface area contributed by atoms with Crippen molar-refractivity contribution in [1.82, 2.24) is 29.7 Å². The minimum absolute atomic E-state index is 0.0705. The standard InChI is InChI=1S/C20H21N7O/c1-12-13(2)23-17(22-12)16-9-6-10-26(16)20-24-18-15(19(28)25-20)11-21-27(18)14-7-4-3-5-8-14/h3-5,7-8,11,16H,6,9-10H2,1-2H3,(H,22,23)(H,24,25,28). The molecule has 0 aliphatic carbocycles. The molecule has 142 valence electrons. The number of rotatable bonds is 3. The molecule has 0 spiro atoms. The third-order valence-electron chi connectivity index (χ3n) is 5.41. The fourth-order valence-corrected chi connectivity index (χ4v) is 3.84. The molecule has 1 aliphatic heterocycles. The van der Waals surface area contributed by atoms with Crippen LogP contribution in [0.1, 0.15) is 36.1 Å². The highest BCUT2D eigenvalue weighted by molar-refractivity contribution is 5.76. The van der Waals surface area contributed by atoms with E-state index >= 15 is 0 Å². The van der Waals surface area contributed by atoms with Crippen LogP contribution in [0.15, 0.2) is 41.3 Å². The predicted molar refractivity (Wildman–Crippen MR) is 107 cm³/mol. The van der Waals surface area contributed by atoms with Gasteiger partial charge in [0.25, 0.3) is 5.56 Å². The summed E-state index contributed by atoms with van der Waals surface area (Å²) in [7, 11) is 0. The van der Waals surface area contributed by atoms with Crippen molar-refractivity contribution in [2.24, 2.45) is 0 Å². The topological polar surface area (TPSA) is 95.5 Å². The molecule has 3 aromatic heterocycles. The molecule has 1 saturated heterocycles. The van der Waals surface area contributed by atoms with E-state index in [0.717, 1.165) is 42.3 Å². The van der Waals surface area contributed by atoms with Crippen molar-refractivity contribution in [2.75, 3.05) is 11.4 Å². The first kappa shape index (κ1) is 16.7. The van der Waals surface area contributed by atoms with Gasteiger partial charge >= 0.3 is 0 Å². The normalized spacial score (nSPS) is 16.9. The van der Waals surface area contributed by atoms with Crippen LogP contribution in [0.5, 0.6) is 0 Å². The van der Waals surface area contributed by atoms with E-state index in [1.807, 2.05) is 44.2 Å². The third-order valence-corrected chi connectivity index (χ3v) is 5.41. The van der Waals surface area contributed by atoms with Crippen molar-refractivity contribution in [1.29, 1.82) is 0 Å². The third kappa shape index (κ3) is 2.60. The first-order valence-electron chi connectivity index (χ1n) is 9.45. The average Bonchev–Trinajstić information content (AvgIpc) is 3.41. The molecule has 8 heteroatoms. The Kier molecular flexibility index (Phi) is 3.78. The number of fused-ring (bicyclic) bond motifs is 1. The minimum atomic E-state index is -0.181. The number of hydrogen-bond donors (Lipinski definition) is 2. The Bertz CT molecular complexity index is 1190. The van der Waals surface area contributed by atoms with Gasteiger partial charge in [-0.3, -0.25) is 9.78 Å². The number of H-pyrrole nitrogens is 2. The summed E-state index contributed by atoms with van der Waals surface area (Å²) in [5, 5.41) is 4.86. The zero-order chi connectivity index (χ0) is 19.3. The summed E-state index contributed by atoms with van der Waals surface area (Å²) >= 11 is 0. The van der Waals surface area contributed by atoms with Gasteiger partial charge in [0.2, 0.25) is 5.95 Å². The van der Waals surface area contributed by atoms with E-state index in [9.17, 15) is 4.79 Å². The lowest BCUT2D eigenvalue weighted by atomic mass is 10.2. The Labute approximate surface area is 161 Å². The van der Waals surface area contributed by atoms with Crippen LogP contribution in [0, 0.1) is 13.8 Å². The Morgan fingerprint density at radius 2 is 1.93 bits per heavy atom. The molecular weight excluding hydrogens is 354 g/mol. The first-order valence-corrected chi connectivity index (χ1v) is 9.45. The van der Waals surface area contributed by atoms with Crippen LogP contribution in [-0.4, -0.2) is 36.3 Å². The zero-order valence-corrected chi connectivity index (χ0v) is 15.8. The molecule has 0 bridgehead atoms. The van der Waals surface area contributed by atoms with Crippen LogP contribution in [0.3, 0.4) is 0 Å². The molecular formula is C20H21N7O. The molecule has 28 heavy (non-hydrogen) atoms. The van der Waals surface area contributed by atoms with Gasteiger partial charge in [-0.15, -0.1) is 0 Å². The van der Waals surface area contributed by atoms with E-state index < -0.39 is 0 Å². The summed E-state index contributed by atoms with van der Waals surface area (Å²) in [5.41, 5.74) is 3.32. The van der Waals surface area contributed by atoms with Crippen molar-refractivity contribution >= 4 is 17.0 Å². The Morgan fingerprint density at radius 1 is 1.11 bits per heavy atom. The Balaban J connectivity index is 1.61. The molecule has 4 heterocycles. The number of anilines is 1. The number of benzene rings is 1. The summed E-state index contributed by atoms with van der Waals surface area (Å²) in [5.74, 6) is 1.48. The number of imidazole rings is 1. The minimum Gasteiger partial charge on any atom is -0.344 e.